The van der Waals surface area contributed by atoms with E-state index in [2.05, 4.69) is 0 Å². The Morgan fingerprint density at radius 1 is 1.21 bits per heavy atom. The van der Waals surface area contributed by atoms with E-state index in [4.69, 9.17) is 0 Å². The number of benzene rings is 1. The molecule has 0 aliphatic heterocycles. The van der Waals surface area contributed by atoms with E-state index in [9.17, 15) is 14.9 Å². The highest BCUT2D eigenvalue weighted by Crippen LogP contribution is 2.13. The summed E-state index contributed by atoms with van der Waals surface area (Å²) in [6, 6.07) is 8.41. The first kappa shape index (κ1) is 13.0. The van der Waals surface area contributed by atoms with Crippen LogP contribution in [-0.4, -0.2) is 9.49 Å². The molecule has 0 bridgehead atoms. The second kappa shape index (κ2) is 5.06. The van der Waals surface area contributed by atoms with Gasteiger partial charge in [-0.25, -0.2) is 0 Å². The first-order valence-corrected chi connectivity index (χ1v) is 5.88. The van der Waals surface area contributed by atoms with Gasteiger partial charge in [0, 0.05) is 12.1 Å². The van der Waals surface area contributed by atoms with Crippen LogP contribution in [0.25, 0.3) is 0 Å². The van der Waals surface area contributed by atoms with Crippen molar-refractivity contribution < 1.29 is 4.92 Å². The van der Waals surface area contributed by atoms with Gasteiger partial charge in [-0.1, -0.05) is 23.8 Å². The van der Waals surface area contributed by atoms with E-state index in [0.717, 1.165) is 16.7 Å². The fraction of sp³-hybridized carbons (Fsp3) is 0.214. The zero-order valence-electron chi connectivity index (χ0n) is 10.8. The molecule has 5 heteroatoms. The lowest BCUT2D eigenvalue weighted by atomic mass is 10.1. The molecule has 19 heavy (non-hydrogen) atoms. The van der Waals surface area contributed by atoms with E-state index >= 15 is 0 Å². The maximum absolute atomic E-state index is 11.7. The van der Waals surface area contributed by atoms with Crippen LogP contribution in [0.3, 0.4) is 0 Å². The minimum Gasteiger partial charge on any atom is -0.304 e. The molecule has 0 spiro atoms. The molecule has 0 saturated carbocycles. The van der Waals surface area contributed by atoms with E-state index in [-0.39, 0.29) is 11.2 Å². The molecule has 0 aliphatic carbocycles. The molecule has 0 atom stereocenters. The number of aromatic nitrogens is 1. The van der Waals surface area contributed by atoms with Gasteiger partial charge in [-0.05, 0) is 25.0 Å². The van der Waals surface area contributed by atoms with Crippen LogP contribution in [0.1, 0.15) is 16.7 Å². The van der Waals surface area contributed by atoms with Crippen LogP contribution >= 0.6 is 0 Å². The Labute approximate surface area is 110 Å². The van der Waals surface area contributed by atoms with E-state index in [1.54, 1.807) is 0 Å². The van der Waals surface area contributed by atoms with Crippen molar-refractivity contribution in [3.05, 3.63) is 73.7 Å². The zero-order valence-corrected chi connectivity index (χ0v) is 10.8. The maximum atomic E-state index is 11.7. The molecule has 0 N–H and O–H groups in total. The summed E-state index contributed by atoms with van der Waals surface area (Å²) in [5.41, 5.74) is 2.82. The van der Waals surface area contributed by atoms with Crippen LogP contribution < -0.4 is 5.56 Å². The number of nitro groups is 1. The Bertz CT molecular complexity index is 689. The molecule has 0 amide bonds. The quantitative estimate of drug-likeness (QED) is 0.627. The lowest BCUT2D eigenvalue weighted by molar-refractivity contribution is -0.385. The van der Waals surface area contributed by atoms with Gasteiger partial charge in [0.2, 0.25) is 0 Å². The third kappa shape index (κ3) is 2.88. The summed E-state index contributed by atoms with van der Waals surface area (Å²) in [6.07, 6.45) is 1.28. The standard InChI is InChI=1S/C14H14N2O3/c1-10-3-4-11(2)12(7-10)8-15-9-13(16(18)19)5-6-14(15)17/h3-7,9H,8H2,1-2H3. The van der Waals surface area contributed by atoms with Gasteiger partial charge in [0.15, 0.2) is 0 Å². The normalized spacial score (nSPS) is 10.4. The molecule has 0 saturated heterocycles. The highest BCUT2D eigenvalue weighted by atomic mass is 16.6. The van der Waals surface area contributed by atoms with Crippen molar-refractivity contribution in [2.75, 3.05) is 0 Å². The summed E-state index contributed by atoms with van der Waals surface area (Å²) in [5.74, 6) is 0. The third-order valence-corrected chi connectivity index (χ3v) is 3.02. The van der Waals surface area contributed by atoms with Crippen molar-refractivity contribution in [3.63, 3.8) is 0 Å². The smallest absolute Gasteiger partial charge is 0.285 e. The van der Waals surface area contributed by atoms with E-state index in [1.807, 2.05) is 32.0 Å². The lowest BCUT2D eigenvalue weighted by Gasteiger charge is -2.09. The van der Waals surface area contributed by atoms with Crippen LogP contribution in [0.4, 0.5) is 5.69 Å². The minimum atomic E-state index is -0.501. The summed E-state index contributed by atoms with van der Waals surface area (Å²) in [5, 5.41) is 10.7. The largest absolute Gasteiger partial charge is 0.304 e. The average molecular weight is 258 g/mol. The van der Waals surface area contributed by atoms with Gasteiger partial charge < -0.3 is 4.57 Å². The monoisotopic (exact) mass is 258 g/mol. The fourth-order valence-corrected chi connectivity index (χ4v) is 1.90. The number of aryl methyl sites for hydroxylation is 2. The van der Waals surface area contributed by atoms with E-state index in [0.29, 0.717) is 6.54 Å². The highest BCUT2D eigenvalue weighted by molar-refractivity contribution is 5.32. The van der Waals surface area contributed by atoms with Crippen LogP contribution in [0.5, 0.6) is 0 Å². The Balaban J connectivity index is 2.43. The van der Waals surface area contributed by atoms with Gasteiger partial charge >= 0.3 is 0 Å². The molecule has 1 heterocycles. The third-order valence-electron chi connectivity index (χ3n) is 3.02. The number of hydrogen-bond acceptors (Lipinski definition) is 3. The minimum absolute atomic E-state index is 0.0788. The Kier molecular flexibility index (Phi) is 3.46. The zero-order chi connectivity index (χ0) is 14.0. The van der Waals surface area contributed by atoms with Crippen LogP contribution in [0, 0.1) is 24.0 Å². The molecule has 5 nitrogen and oxygen atoms in total. The number of hydrogen-bond donors (Lipinski definition) is 0. The molecule has 2 rings (SSSR count). The predicted molar refractivity (Wildman–Crippen MR) is 72.4 cm³/mol. The highest BCUT2D eigenvalue weighted by Gasteiger charge is 2.09. The Morgan fingerprint density at radius 3 is 2.63 bits per heavy atom. The van der Waals surface area contributed by atoms with Crippen LogP contribution in [0.15, 0.2) is 41.3 Å². The molecular weight excluding hydrogens is 244 g/mol. The molecule has 0 aliphatic rings. The second-order valence-electron chi connectivity index (χ2n) is 4.54. The summed E-state index contributed by atoms with van der Waals surface area (Å²) in [7, 11) is 0. The summed E-state index contributed by atoms with van der Waals surface area (Å²) in [4.78, 5) is 22.0. The SMILES string of the molecule is Cc1ccc(C)c(Cn2cc([N+](=O)[O-])ccc2=O)c1. The van der Waals surface area contributed by atoms with Gasteiger partial charge in [0.1, 0.15) is 0 Å². The van der Waals surface area contributed by atoms with E-state index < -0.39 is 4.92 Å². The van der Waals surface area contributed by atoms with E-state index in [1.165, 1.54) is 22.9 Å². The average Bonchev–Trinajstić information content (AvgIpc) is 2.36. The Hall–Kier alpha value is -2.43. The number of pyridine rings is 1. The molecule has 2 aromatic rings. The predicted octanol–water partition coefficient (Wildman–Crippen LogP) is 2.42. The van der Waals surface area contributed by atoms with Crippen LogP contribution in [-0.2, 0) is 6.54 Å². The van der Waals surface area contributed by atoms with Crippen molar-refractivity contribution in [1.29, 1.82) is 0 Å². The summed E-state index contributed by atoms with van der Waals surface area (Å²) >= 11 is 0. The van der Waals surface area contributed by atoms with Crippen LogP contribution in [0.2, 0.25) is 0 Å². The number of rotatable bonds is 3. The molecule has 98 valence electrons. The van der Waals surface area contributed by atoms with Gasteiger partial charge in [0.25, 0.3) is 11.2 Å². The summed E-state index contributed by atoms with van der Waals surface area (Å²) in [6.45, 7) is 4.27. The molecular formula is C14H14N2O3. The second-order valence-corrected chi connectivity index (χ2v) is 4.54. The molecule has 0 fully saturated rings. The Morgan fingerprint density at radius 2 is 1.95 bits per heavy atom. The fourth-order valence-electron chi connectivity index (χ4n) is 1.90. The van der Waals surface area contributed by atoms with Gasteiger partial charge in [-0.15, -0.1) is 0 Å². The van der Waals surface area contributed by atoms with Gasteiger partial charge in [-0.3, -0.25) is 14.9 Å². The molecule has 1 aromatic carbocycles. The number of nitrogens with zero attached hydrogens (tertiary/aromatic N) is 2. The van der Waals surface area contributed by atoms with Crippen molar-refractivity contribution in [1.82, 2.24) is 4.57 Å². The molecule has 1 aromatic heterocycles. The first-order chi connectivity index (χ1) is 8.97. The van der Waals surface area contributed by atoms with Crippen molar-refractivity contribution >= 4 is 5.69 Å². The summed E-state index contributed by atoms with van der Waals surface area (Å²) < 4.78 is 1.36. The molecule has 0 unspecified atom stereocenters. The van der Waals surface area contributed by atoms with Crippen molar-refractivity contribution in [2.24, 2.45) is 0 Å². The van der Waals surface area contributed by atoms with Crippen molar-refractivity contribution in [2.45, 2.75) is 20.4 Å². The van der Waals surface area contributed by atoms with Crippen molar-refractivity contribution in [3.8, 4) is 0 Å². The van der Waals surface area contributed by atoms with Gasteiger partial charge in [-0.2, -0.15) is 0 Å². The van der Waals surface area contributed by atoms with Gasteiger partial charge in [0.05, 0.1) is 17.7 Å². The topological polar surface area (TPSA) is 65.1 Å². The first-order valence-electron chi connectivity index (χ1n) is 5.88. The lowest BCUT2D eigenvalue weighted by Crippen LogP contribution is -2.19. The molecule has 0 radical (unpaired) electrons. The maximum Gasteiger partial charge on any atom is 0.285 e.